The van der Waals surface area contributed by atoms with Crippen molar-refractivity contribution in [3.8, 4) is 12.3 Å². The number of rotatable bonds is 4. The first-order valence-corrected chi connectivity index (χ1v) is 6.06. The lowest BCUT2D eigenvalue weighted by Crippen LogP contribution is -2.36. The number of fused-ring (bicyclic) bond motifs is 1. The van der Waals surface area contributed by atoms with Crippen molar-refractivity contribution < 1.29 is 14.7 Å². The smallest absolute Gasteiger partial charge is 0.323 e. The highest BCUT2D eigenvalue weighted by atomic mass is 16.4. The average molecular weight is 270 g/mol. The van der Waals surface area contributed by atoms with Crippen molar-refractivity contribution in [3.05, 3.63) is 35.5 Å². The Morgan fingerprint density at radius 1 is 1.40 bits per heavy atom. The van der Waals surface area contributed by atoms with Crippen LogP contribution in [0.3, 0.4) is 0 Å². The number of aromatic nitrogens is 1. The van der Waals surface area contributed by atoms with Crippen LogP contribution in [0, 0.1) is 19.3 Å². The van der Waals surface area contributed by atoms with Gasteiger partial charge in [-0.25, -0.2) is 0 Å². The zero-order valence-corrected chi connectivity index (χ0v) is 11.0. The Labute approximate surface area is 116 Å². The van der Waals surface area contributed by atoms with Gasteiger partial charge >= 0.3 is 5.97 Å². The molecule has 0 unspecified atom stereocenters. The normalized spacial score (nSPS) is 10.2. The zero-order valence-electron chi connectivity index (χ0n) is 11.0. The van der Waals surface area contributed by atoms with Crippen LogP contribution in [0.2, 0.25) is 0 Å². The summed E-state index contributed by atoms with van der Waals surface area (Å²) in [5.74, 6) is 0.849. The van der Waals surface area contributed by atoms with Gasteiger partial charge in [-0.15, -0.1) is 6.42 Å². The Balaban J connectivity index is 2.46. The lowest BCUT2D eigenvalue weighted by atomic mass is 10.1. The molecule has 0 fully saturated rings. The molecule has 0 atom stereocenters. The first-order valence-electron chi connectivity index (χ1n) is 6.06. The van der Waals surface area contributed by atoms with Gasteiger partial charge in [0.25, 0.3) is 5.91 Å². The highest BCUT2D eigenvalue weighted by molar-refractivity contribution is 6.08. The van der Waals surface area contributed by atoms with Crippen molar-refractivity contribution in [2.45, 2.75) is 6.92 Å². The zero-order chi connectivity index (χ0) is 14.7. The predicted molar refractivity (Wildman–Crippen MR) is 75.4 cm³/mol. The summed E-state index contributed by atoms with van der Waals surface area (Å²) in [6.45, 7) is 1.33. The summed E-state index contributed by atoms with van der Waals surface area (Å²) in [7, 11) is 0. The van der Waals surface area contributed by atoms with E-state index in [4.69, 9.17) is 11.5 Å². The topological polar surface area (TPSA) is 73.4 Å². The number of H-pyrrole nitrogens is 1. The fourth-order valence-electron chi connectivity index (χ4n) is 2.18. The molecule has 5 nitrogen and oxygen atoms in total. The van der Waals surface area contributed by atoms with E-state index in [9.17, 15) is 9.59 Å². The number of hydrogen-bond donors (Lipinski definition) is 2. The van der Waals surface area contributed by atoms with Crippen molar-refractivity contribution in [1.82, 2.24) is 9.88 Å². The standard InChI is InChI=1S/C15H14N2O3/c1-3-8-17(9-13(18)19)15(20)14-10(2)16-12-7-5-4-6-11(12)14/h1,4-7,16H,8-9H2,2H3,(H,18,19). The molecule has 0 bridgehead atoms. The molecular weight excluding hydrogens is 256 g/mol. The lowest BCUT2D eigenvalue weighted by molar-refractivity contribution is -0.137. The van der Waals surface area contributed by atoms with Crippen LogP contribution >= 0.6 is 0 Å². The number of terminal acetylenes is 1. The number of aromatic amines is 1. The maximum Gasteiger partial charge on any atom is 0.323 e. The molecule has 1 amide bonds. The molecule has 0 aliphatic carbocycles. The highest BCUT2D eigenvalue weighted by Gasteiger charge is 2.22. The van der Waals surface area contributed by atoms with E-state index in [1.807, 2.05) is 24.3 Å². The molecule has 20 heavy (non-hydrogen) atoms. The summed E-state index contributed by atoms with van der Waals surface area (Å²) in [5, 5.41) is 9.64. The van der Waals surface area contributed by atoms with Gasteiger partial charge in [-0.1, -0.05) is 24.1 Å². The quantitative estimate of drug-likeness (QED) is 0.829. The summed E-state index contributed by atoms with van der Waals surface area (Å²) in [6, 6.07) is 7.38. The predicted octanol–water partition coefficient (Wildman–Crippen LogP) is 1.64. The summed E-state index contributed by atoms with van der Waals surface area (Å²) < 4.78 is 0. The molecule has 2 N–H and O–H groups in total. The second kappa shape index (κ2) is 5.49. The number of aryl methyl sites for hydroxylation is 1. The number of hydrogen-bond acceptors (Lipinski definition) is 2. The van der Waals surface area contributed by atoms with E-state index in [0.717, 1.165) is 15.8 Å². The van der Waals surface area contributed by atoms with E-state index in [1.165, 1.54) is 0 Å². The van der Waals surface area contributed by atoms with Crippen LogP contribution in [0.25, 0.3) is 10.9 Å². The summed E-state index contributed by atoms with van der Waals surface area (Å²) in [5.41, 5.74) is 2.00. The average Bonchev–Trinajstić information content (AvgIpc) is 2.72. The molecule has 0 aliphatic heterocycles. The molecule has 0 aliphatic rings. The van der Waals surface area contributed by atoms with Crippen LogP contribution in [0.1, 0.15) is 16.1 Å². The van der Waals surface area contributed by atoms with E-state index >= 15 is 0 Å². The number of nitrogens with zero attached hydrogens (tertiary/aromatic N) is 1. The molecule has 0 radical (unpaired) electrons. The van der Waals surface area contributed by atoms with Crippen molar-refractivity contribution in [1.29, 1.82) is 0 Å². The third kappa shape index (κ3) is 2.50. The Morgan fingerprint density at radius 2 is 2.10 bits per heavy atom. The fourth-order valence-corrected chi connectivity index (χ4v) is 2.18. The Bertz CT molecular complexity index is 709. The van der Waals surface area contributed by atoms with Gasteiger partial charge in [0.15, 0.2) is 0 Å². The van der Waals surface area contributed by atoms with E-state index in [0.29, 0.717) is 11.3 Å². The number of carboxylic acid groups (broad SMARTS) is 1. The van der Waals surface area contributed by atoms with Crippen molar-refractivity contribution in [2.75, 3.05) is 13.1 Å². The summed E-state index contributed by atoms with van der Waals surface area (Å²) in [6.07, 6.45) is 5.20. The molecule has 1 aromatic carbocycles. The summed E-state index contributed by atoms with van der Waals surface area (Å²) in [4.78, 5) is 27.6. The number of para-hydroxylation sites is 1. The number of nitrogens with one attached hydrogen (secondary N) is 1. The monoisotopic (exact) mass is 270 g/mol. The molecule has 5 heteroatoms. The maximum atomic E-state index is 12.5. The van der Waals surface area contributed by atoms with Gasteiger partial charge in [0.2, 0.25) is 0 Å². The van der Waals surface area contributed by atoms with Crippen molar-refractivity contribution in [3.63, 3.8) is 0 Å². The van der Waals surface area contributed by atoms with Crippen molar-refractivity contribution >= 4 is 22.8 Å². The van der Waals surface area contributed by atoms with Gasteiger partial charge in [0, 0.05) is 16.6 Å². The minimum Gasteiger partial charge on any atom is -0.480 e. The largest absolute Gasteiger partial charge is 0.480 e. The number of benzene rings is 1. The van der Waals surface area contributed by atoms with Gasteiger partial charge in [0.05, 0.1) is 12.1 Å². The van der Waals surface area contributed by atoms with E-state index in [-0.39, 0.29) is 12.5 Å². The molecular formula is C15H14N2O3. The number of carbonyl (C=O) groups is 2. The number of carbonyl (C=O) groups excluding carboxylic acids is 1. The minimum absolute atomic E-state index is 0.0376. The first kappa shape index (κ1) is 13.7. The van der Waals surface area contributed by atoms with Gasteiger partial charge in [0.1, 0.15) is 6.54 Å². The molecule has 0 spiro atoms. The maximum absolute atomic E-state index is 12.5. The van der Waals surface area contributed by atoms with E-state index in [1.54, 1.807) is 6.92 Å². The highest BCUT2D eigenvalue weighted by Crippen LogP contribution is 2.23. The molecule has 1 aromatic heterocycles. The van der Waals surface area contributed by atoms with Gasteiger partial charge < -0.3 is 15.0 Å². The summed E-state index contributed by atoms with van der Waals surface area (Å²) >= 11 is 0. The van der Waals surface area contributed by atoms with E-state index in [2.05, 4.69) is 10.9 Å². The molecule has 102 valence electrons. The van der Waals surface area contributed by atoms with Crippen LogP contribution in [0.4, 0.5) is 0 Å². The first-order chi connectivity index (χ1) is 9.54. The second-order valence-electron chi connectivity index (χ2n) is 4.43. The number of aliphatic carboxylic acids is 1. The molecule has 0 saturated carbocycles. The third-order valence-electron chi connectivity index (χ3n) is 3.00. The second-order valence-corrected chi connectivity index (χ2v) is 4.43. The molecule has 2 rings (SSSR count). The molecule has 2 aromatic rings. The van der Waals surface area contributed by atoms with Crippen LogP contribution in [-0.2, 0) is 4.79 Å². The van der Waals surface area contributed by atoms with Gasteiger partial charge in [-0.3, -0.25) is 9.59 Å². The van der Waals surface area contributed by atoms with Gasteiger partial charge in [-0.05, 0) is 13.0 Å². The molecule has 0 saturated heterocycles. The van der Waals surface area contributed by atoms with Crippen LogP contribution in [0.5, 0.6) is 0 Å². The van der Waals surface area contributed by atoms with Crippen LogP contribution in [0.15, 0.2) is 24.3 Å². The third-order valence-corrected chi connectivity index (χ3v) is 3.00. The number of amides is 1. The molecule has 1 heterocycles. The lowest BCUT2D eigenvalue weighted by Gasteiger charge is -2.18. The van der Waals surface area contributed by atoms with Crippen LogP contribution in [-0.4, -0.2) is 40.0 Å². The minimum atomic E-state index is -1.09. The Kier molecular flexibility index (Phi) is 3.76. The fraction of sp³-hybridized carbons (Fsp3) is 0.200. The Morgan fingerprint density at radius 3 is 2.75 bits per heavy atom. The van der Waals surface area contributed by atoms with E-state index < -0.39 is 12.5 Å². The van der Waals surface area contributed by atoms with Crippen molar-refractivity contribution in [2.24, 2.45) is 0 Å². The van der Waals surface area contributed by atoms with Crippen LogP contribution < -0.4 is 0 Å². The SMILES string of the molecule is C#CCN(CC(=O)O)C(=O)c1c(C)[nH]c2ccccc12. The Hall–Kier alpha value is -2.74. The number of carboxylic acids is 1. The van der Waals surface area contributed by atoms with Gasteiger partial charge in [-0.2, -0.15) is 0 Å².